The Labute approximate surface area is 303 Å². The minimum Gasteiger partial charge on any atom is -0.490 e. The van der Waals surface area contributed by atoms with Crippen LogP contribution in [0.25, 0.3) is 33.1 Å². The van der Waals surface area contributed by atoms with E-state index in [2.05, 4.69) is 20.8 Å². The molecule has 0 bridgehead atoms. The summed E-state index contributed by atoms with van der Waals surface area (Å²) in [7, 11) is 1.43. The Kier molecular flexibility index (Phi) is 10.1. The molecule has 1 aliphatic heterocycles. The van der Waals surface area contributed by atoms with Crippen molar-refractivity contribution in [2.75, 3.05) is 26.8 Å². The average Bonchev–Trinajstić information content (AvgIpc) is 3.43. The van der Waals surface area contributed by atoms with E-state index in [-0.39, 0.29) is 23.1 Å². The number of piperidine rings is 1. The van der Waals surface area contributed by atoms with Crippen LogP contribution < -0.4 is 14.2 Å². The number of halogens is 2. The van der Waals surface area contributed by atoms with Gasteiger partial charge in [0.15, 0.2) is 23.0 Å². The van der Waals surface area contributed by atoms with Gasteiger partial charge in [-0.25, -0.2) is 18.9 Å². The van der Waals surface area contributed by atoms with Crippen LogP contribution in [0.2, 0.25) is 5.02 Å². The fourth-order valence-electron chi connectivity index (χ4n) is 6.42. The smallest absolute Gasteiger partial charge is 0.410 e. The van der Waals surface area contributed by atoms with Gasteiger partial charge in [0.2, 0.25) is 0 Å². The summed E-state index contributed by atoms with van der Waals surface area (Å²) < 4.78 is 42.4. The second kappa shape index (κ2) is 14.2. The normalized spacial score (nSPS) is 14.3. The zero-order valence-corrected chi connectivity index (χ0v) is 31.4. The highest BCUT2D eigenvalue weighted by Crippen LogP contribution is 2.45. The molecule has 0 atom stereocenters. The van der Waals surface area contributed by atoms with Gasteiger partial charge in [0.1, 0.15) is 18.0 Å². The van der Waals surface area contributed by atoms with Crippen LogP contribution in [-0.2, 0) is 16.9 Å². The van der Waals surface area contributed by atoms with E-state index in [4.69, 9.17) is 40.6 Å². The van der Waals surface area contributed by atoms with Gasteiger partial charge in [-0.2, -0.15) is 5.10 Å². The summed E-state index contributed by atoms with van der Waals surface area (Å²) >= 11 is 6.78. The van der Waals surface area contributed by atoms with E-state index in [1.165, 1.54) is 7.11 Å². The minimum absolute atomic E-state index is 0.00845. The number of benzene rings is 3. The van der Waals surface area contributed by atoms with Crippen molar-refractivity contribution in [3.63, 3.8) is 0 Å². The Bertz CT molecular complexity index is 2060. The number of aryl methyl sites for hydroxylation is 1. The molecule has 0 radical (unpaired) electrons. The molecule has 1 fully saturated rings. The molecule has 1 aliphatic rings. The summed E-state index contributed by atoms with van der Waals surface area (Å²) in [5, 5.41) is 6.86. The average molecular weight is 717 g/mol. The van der Waals surface area contributed by atoms with Crippen LogP contribution in [0.4, 0.5) is 9.18 Å². The largest absolute Gasteiger partial charge is 0.490 e. The van der Waals surface area contributed by atoms with Crippen molar-refractivity contribution in [1.29, 1.82) is 0 Å². The Morgan fingerprint density at radius 2 is 1.67 bits per heavy atom. The summed E-state index contributed by atoms with van der Waals surface area (Å²) in [5.41, 5.74) is 2.41. The molecule has 3 heterocycles. The Morgan fingerprint density at radius 3 is 2.29 bits per heavy atom. The van der Waals surface area contributed by atoms with Gasteiger partial charge in [-0.05, 0) is 97.1 Å². The summed E-state index contributed by atoms with van der Waals surface area (Å²) in [6.45, 7) is 15.5. The zero-order valence-electron chi connectivity index (χ0n) is 30.6. The lowest BCUT2D eigenvalue weighted by molar-refractivity contribution is 0.0164. The van der Waals surface area contributed by atoms with Crippen LogP contribution >= 0.6 is 11.6 Å². The number of ether oxygens (including phenoxy) is 4. The number of hydrogen-bond acceptors (Lipinski definition) is 7. The maximum absolute atomic E-state index is 16.9. The molecule has 1 amide bonds. The fourth-order valence-corrected chi connectivity index (χ4v) is 6.66. The first-order valence-corrected chi connectivity index (χ1v) is 17.7. The van der Waals surface area contributed by atoms with Crippen molar-refractivity contribution < 1.29 is 28.1 Å². The molecular weight excluding hydrogens is 671 g/mol. The number of likely N-dealkylation sites (tertiary alicyclic amines) is 1. The lowest BCUT2D eigenvalue weighted by Crippen LogP contribution is -2.42. The molecule has 6 rings (SSSR count). The van der Waals surface area contributed by atoms with Crippen molar-refractivity contribution in [1.82, 2.24) is 19.7 Å². The number of methoxy groups -OCH3 is 1. The molecule has 5 aromatic rings. The van der Waals surface area contributed by atoms with Crippen LogP contribution in [-0.4, -0.2) is 58.2 Å². The Hall–Kier alpha value is -4.57. The van der Waals surface area contributed by atoms with Gasteiger partial charge in [-0.3, -0.25) is 0 Å². The summed E-state index contributed by atoms with van der Waals surface area (Å²) in [5.74, 6) is 0.371. The van der Waals surface area contributed by atoms with E-state index < -0.39 is 17.0 Å². The van der Waals surface area contributed by atoms with Crippen molar-refractivity contribution in [3.8, 4) is 28.5 Å². The fraction of sp³-hybridized carbons (Fsp3) is 0.425. The van der Waals surface area contributed by atoms with Crippen molar-refractivity contribution in [2.45, 2.75) is 79.1 Å². The van der Waals surface area contributed by atoms with E-state index in [9.17, 15) is 4.79 Å². The van der Waals surface area contributed by atoms with E-state index in [0.29, 0.717) is 65.1 Å². The number of carbonyl (C=O) groups is 1. The number of fused-ring (bicyclic) bond motifs is 3. The molecule has 9 nitrogen and oxygen atoms in total. The summed E-state index contributed by atoms with van der Waals surface area (Å²) in [6, 6.07) is 17.0. The van der Waals surface area contributed by atoms with Gasteiger partial charge in [0.25, 0.3) is 0 Å². The molecule has 270 valence electrons. The molecule has 0 spiro atoms. The lowest BCUT2D eigenvalue weighted by atomic mass is 9.97. The Balaban J connectivity index is 1.37. The van der Waals surface area contributed by atoms with E-state index in [0.717, 1.165) is 29.5 Å². The summed E-state index contributed by atoms with van der Waals surface area (Å²) in [6.07, 6.45) is 1.16. The second-order valence-electron chi connectivity index (χ2n) is 15.1. The molecule has 0 saturated carbocycles. The Morgan fingerprint density at radius 1 is 0.961 bits per heavy atom. The van der Waals surface area contributed by atoms with Gasteiger partial charge in [0, 0.05) is 29.4 Å². The van der Waals surface area contributed by atoms with Crippen LogP contribution in [0.1, 0.15) is 65.6 Å². The minimum atomic E-state index is -0.586. The monoisotopic (exact) mass is 716 g/mol. The molecule has 0 N–H and O–H groups in total. The summed E-state index contributed by atoms with van der Waals surface area (Å²) in [4.78, 5) is 19.4. The highest BCUT2D eigenvalue weighted by molar-refractivity contribution is 6.32. The lowest BCUT2D eigenvalue weighted by Gasteiger charge is -2.33. The van der Waals surface area contributed by atoms with Gasteiger partial charge < -0.3 is 23.8 Å². The molecule has 0 unspecified atom stereocenters. The maximum atomic E-state index is 16.9. The second-order valence-corrected chi connectivity index (χ2v) is 15.5. The van der Waals surface area contributed by atoms with Gasteiger partial charge in [0.05, 0.1) is 41.1 Å². The molecule has 0 aliphatic carbocycles. The number of amides is 1. The third-order valence-corrected chi connectivity index (χ3v) is 9.27. The first kappa shape index (κ1) is 36.2. The predicted octanol–water partition coefficient (Wildman–Crippen LogP) is 9.72. The first-order chi connectivity index (χ1) is 24.1. The van der Waals surface area contributed by atoms with Crippen LogP contribution in [0.15, 0.2) is 54.6 Å². The van der Waals surface area contributed by atoms with Gasteiger partial charge >= 0.3 is 6.09 Å². The molecule has 1 saturated heterocycles. The molecule has 2 aromatic heterocycles. The van der Waals surface area contributed by atoms with Crippen molar-refractivity contribution in [3.05, 3.63) is 76.7 Å². The number of rotatable bonds is 8. The predicted molar refractivity (Wildman–Crippen MR) is 199 cm³/mol. The van der Waals surface area contributed by atoms with Crippen LogP contribution in [0, 0.1) is 18.7 Å². The van der Waals surface area contributed by atoms with Gasteiger partial charge in [-0.15, -0.1) is 0 Å². The van der Waals surface area contributed by atoms with Crippen LogP contribution in [0.5, 0.6) is 17.2 Å². The highest BCUT2D eigenvalue weighted by Gasteiger charge is 2.30. The first-order valence-electron chi connectivity index (χ1n) is 17.3. The number of nitrogens with zero attached hydrogens (tertiary/aromatic N) is 4. The highest BCUT2D eigenvalue weighted by atomic mass is 35.5. The number of hydrogen-bond donors (Lipinski definition) is 0. The van der Waals surface area contributed by atoms with Crippen molar-refractivity contribution in [2.24, 2.45) is 5.92 Å². The third-order valence-electron chi connectivity index (χ3n) is 8.97. The number of carbonyl (C=O) groups excluding carboxylic acids is 1. The quantitative estimate of drug-likeness (QED) is 0.158. The van der Waals surface area contributed by atoms with Crippen LogP contribution in [0.3, 0.4) is 0 Å². The molecular formula is C40H46ClFN4O5. The topological polar surface area (TPSA) is 87.9 Å². The zero-order chi connectivity index (χ0) is 36.7. The van der Waals surface area contributed by atoms with Crippen molar-refractivity contribution >= 4 is 39.5 Å². The maximum Gasteiger partial charge on any atom is 0.410 e. The van der Waals surface area contributed by atoms with Gasteiger partial charge in [-0.1, -0.05) is 41.9 Å². The number of pyridine rings is 1. The number of aromatic nitrogens is 3. The van der Waals surface area contributed by atoms with E-state index in [1.54, 1.807) is 17.0 Å². The molecule has 51 heavy (non-hydrogen) atoms. The third kappa shape index (κ3) is 7.71. The SMILES string of the molecule is COc1c(OCC2CCN(C(=O)OC(C)(C)C)CC2)cc2c(c(-c3ccc(OCc4ccccc4)c(Cl)c3)nc3c2c(C)nn3C(C)(C)C)c1F. The van der Waals surface area contributed by atoms with E-state index in [1.807, 2.05) is 74.8 Å². The standard InChI is InChI=1S/C40H46ClFN4O5/c1-24-32-28-21-31(50-23-26-16-18-45(19-17-26)38(47)51-40(5,6)7)36(48-8)34(42)33(28)35(43-37(32)46(44-24)39(2,3)4)27-14-15-30(29(41)20-27)49-22-25-12-10-9-11-13-25/h9-15,20-21,26H,16-19,22-23H2,1-8H3. The molecule has 11 heteroatoms. The van der Waals surface area contributed by atoms with E-state index >= 15 is 4.39 Å². The molecule has 3 aromatic carbocycles.